The van der Waals surface area contributed by atoms with E-state index in [0.717, 1.165) is 43.6 Å². The van der Waals surface area contributed by atoms with Crippen LogP contribution in [0.5, 0.6) is 0 Å². The van der Waals surface area contributed by atoms with Gasteiger partial charge in [0.2, 0.25) is 5.91 Å². The molecule has 0 aliphatic carbocycles. The molecule has 1 unspecified atom stereocenters. The topological polar surface area (TPSA) is 66.6 Å². The molecule has 1 amide bonds. The van der Waals surface area contributed by atoms with Gasteiger partial charge in [-0.1, -0.05) is 12.1 Å². The molecular weight excluding hydrogens is 252 g/mol. The van der Waals surface area contributed by atoms with E-state index in [4.69, 9.17) is 5.73 Å². The highest BCUT2D eigenvalue weighted by atomic mass is 16.3. The summed E-state index contributed by atoms with van der Waals surface area (Å²) in [6.45, 7) is 3.37. The standard InChI is InChI=1S/C16H24N2O2/c1-12(19)14-7-9-18(10-8-14)16(20)6-5-13-3-2-4-15(17)11-13/h2-4,11-12,14,19H,5-10,17H2,1H3. The number of rotatable bonds is 4. The largest absolute Gasteiger partial charge is 0.399 e. The van der Waals surface area contributed by atoms with Crippen LogP contribution in [0.3, 0.4) is 0 Å². The van der Waals surface area contributed by atoms with Crippen LogP contribution in [0.15, 0.2) is 24.3 Å². The van der Waals surface area contributed by atoms with Crippen LogP contribution in [0.25, 0.3) is 0 Å². The molecule has 0 aromatic heterocycles. The predicted octanol–water partition coefficient (Wildman–Crippen LogP) is 1.82. The fraction of sp³-hybridized carbons (Fsp3) is 0.562. The van der Waals surface area contributed by atoms with E-state index in [-0.39, 0.29) is 12.0 Å². The molecule has 20 heavy (non-hydrogen) atoms. The molecule has 4 heteroatoms. The number of amides is 1. The SMILES string of the molecule is CC(O)C1CCN(C(=O)CCc2cccc(N)c2)CC1. The number of aryl methyl sites for hydroxylation is 1. The number of carbonyl (C=O) groups excluding carboxylic acids is 1. The molecule has 1 atom stereocenters. The highest BCUT2D eigenvalue weighted by molar-refractivity contribution is 5.76. The number of nitrogens with zero attached hydrogens (tertiary/aromatic N) is 1. The highest BCUT2D eigenvalue weighted by Crippen LogP contribution is 2.21. The van der Waals surface area contributed by atoms with E-state index >= 15 is 0 Å². The molecule has 0 spiro atoms. The van der Waals surface area contributed by atoms with Crippen molar-refractivity contribution in [3.05, 3.63) is 29.8 Å². The van der Waals surface area contributed by atoms with Crippen LogP contribution in [0.4, 0.5) is 5.69 Å². The average molecular weight is 276 g/mol. The maximum atomic E-state index is 12.2. The third-order valence-corrected chi connectivity index (χ3v) is 4.15. The molecular formula is C16H24N2O2. The molecule has 0 saturated carbocycles. The van der Waals surface area contributed by atoms with Gasteiger partial charge < -0.3 is 15.7 Å². The molecule has 4 nitrogen and oxygen atoms in total. The van der Waals surface area contributed by atoms with Crippen molar-refractivity contribution in [1.29, 1.82) is 0 Å². The summed E-state index contributed by atoms with van der Waals surface area (Å²) < 4.78 is 0. The second-order valence-corrected chi connectivity index (χ2v) is 5.70. The quantitative estimate of drug-likeness (QED) is 0.824. The fourth-order valence-electron chi connectivity index (χ4n) is 2.79. The number of aliphatic hydroxyl groups is 1. The van der Waals surface area contributed by atoms with Crippen molar-refractivity contribution >= 4 is 11.6 Å². The van der Waals surface area contributed by atoms with E-state index in [1.807, 2.05) is 36.1 Å². The van der Waals surface area contributed by atoms with Crippen molar-refractivity contribution in [2.75, 3.05) is 18.8 Å². The monoisotopic (exact) mass is 276 g/mol. The number of likely N-dealkylation sites (tertiary alicyclic amines) is 1. The summed E-state index contributed by atoms with van der Waals surface area (Å²) in [7, 11) is 0. The number of piperidine rings is 1. The smallest absolute Gasteiger partial charge is 0.222 e. The molecule has 0 radical (unpaired) electrons. The normalized spacial score (nSPS) is 18.0. The average Bonchev–Trinajstić information content (AvgIpc) is 2.45. The molecule has 3 N–H and O–H groups in total. The third kappa shape index (κ3) is 3.97. The van der Waals surface area contributed by atoms with Gasteiger partial charge in [-0.15, -0.1) is 0 Å². The van der Waals surface area contributed by atoms with Crippen LogP contribution in [0.2, 0.25) is 0 Å². The second-order valence-electron chi connectivity index (χ2n) is 5.70. The van der Waals surface area contributed by atoms with Crippen molar-refractivity contribution in [3.63, 3.8) is 0 Å². The van der Waals surface area contributed by atoms with E-state index in [1.165, 1.54) is 0 Å². The lowest BCUT2D eigenvalue weighted by Gasteiger charge is -2.33. The molecule has 110 valence electrons. The van der Waals surface area contributed by atoms with E-state index in [1.54, 1.807) is 0 Å². The predicted molar refractivity (Wildman–Crippen MR) is 80.2 cm³/mol. The third-order valence-electron chi connectivity index (χ3n) is 4.15. The molecule has 1 heterocycles. The Labute approximate surface area is 120 Å². The maximum absolute atomic E-state index is 12.2. The summed E-state index contributed by atoms with van der Waals surface area (Å²) in [5.74, 6) is 0.546. The summed E-state index contributed by atoms with van der Waals surface area (Å²) in [6.07, 6.45) is 2.81. The summed E-state index contributed by atoms with van der Waals surface area (Å²) in [4.78, 5) is 14.1. The second kappa shape index (κ2) is 6.75. The van der Waals surface area contributed by atoms with Crippen LogP contribution in [0, 0.1) is 5.92 Å². The van der Waals surface area contributed by atoms with Crippen molar-refractivity contribution in [2.24, 2.45) is 5.92 Å². The first-order chi connectivity index (χ1) is 9.56. The number of hydrogen-bond acceptors (Lipinski definition) is 3. The number of carbonyl (C=O) groups is 1. The number of aliphatic hydroxyl groups excluding tert-OH is 1. The molecule has 1 aliphatic rings. The molecule has 0 bridgehead atoms. The Hall–Kier alpha value is -1.55. The minimum atomic E-state index is -0.264. The number of nitrogen functional groups attached to an aromatic ring is 1. The molecule has 1 fully saturated rings. The molecule has 2 rings (SSSR count). The fourth-order valence-corrected chi connectivity index (χ4v) is 2.79. The van der Waals surface area contributed by atoms with Gasteiger partial charge in [-0.05, 0) is 49.8 Å². The van der Waals surface area contributed by atoms with Gasteiger partial charge in [0.1, 0.15) is 0 Å². The number of hydrogen-bond donors (Lipinski definition) is 2. The molecule has 1 aromatic carbocycles. The zero-order valence-electron chi connectivity index (χ0n) is 12.1. The zero-order valence-corrected chi connectivity index (χ0v) is 12.1. The highest BCUT2D eigenvalue weighted by Gasteiger charge is 2.24. The summed E-state index contributed by atoms with van der Waals surface area (Å²) in [5, 5.41) is 9.56. The summed E-state index contributed by atoms with van der Waals surface area (Å²) in [5.41, 5.74) is 7.58. The van der Waals surface area contributed by atoms with E-state index < -0.39 is 0 Å². The zero-order chi connectivity index (χ0) is 14.5. The van der Waals surface area contributed by atoms with E-state index in [2.05, 4.69) is 0 Å². The van der Waals surface area contributed by atoms with Gasteiger partial charge in [-0.2, -0.15) is 0 Å². The Kier molecular flexibility index (Phi) is 5.01. The van der Waals surface area contributed by atoms with Crippen molar-refractivity contribution < 1.29 is 9.90 Å². The first kappa shape index (κ1) is 14.9. The van der Waals surface area contributed by atoms with Gasteiger partial charge >= 0.3 is 0 Å². The molecule has 1 saturated heterocycles. The van der Waals surface area contributed by atoms with E-state index in [0.29, 0.717) is 12.3 Å². The van der Waals surface area contributed by atoms with Gasteiger partial charge in [-0.3, -0.25) is 4.79 Å². The van der Waals surface area contributed by atoms with Crippen molar-refractivity contribution in [1.82, 2.24) is 4.90 Å². The number of benzene rings is 1. The van der Waals surface area contributed by atoms with Gasteiger partial charge in [-0.25, -0.2) is 0 Å². The Morgan fingerprint density at radius 1 is 1.45 bits per heavy atom. The summed E-state index contributed by atoms with van der Waals surface area (Å²) in [6, 6.07) is 7.70. The van der Waals surface area contributed by atoms with Gasteiger partial charge in [0, 0.05) is 25.2 Å². The lowest BCUT2D eigenvalue weighted by Crippen LogP contribution is -2.40. The lowest BCUT2D eigenvalue weighted by atomic mass is 9.92. The molecule has 1 aliphatic heterocycles. The number of anilines is 1. The Bertz CT molecular complexity index is 452. The van der Waals surface area contributed by atoms with Gasteiger partial charge in [0.25, 0.3) is 0 Å². The van der Waals surface area contributed by atoms with Gasteiger partial charge in [0.15, 0.2) is 0 Å². The lowest BCUT2D eigenvalue weighted by molar-refractivity contribution is -0.133. The first-order valence-corrected chi connectivity index (χ1v) is 7.36. The first-order valence-electron chi connectivity index (χ1n) is 7.36. The van der Waals surface area contributed by atoms with E-state index in [9.17, 15) is 9.90 Å². The van der Waals surface area contributed by atoms with Crippen LogP contribution in [0.1, 0.15) is 31.7 Å². The minimum absolute atomic E-state index is 0.205. The number of nitrogens with two attached hydrogens (primary N) is 1. The van der Waals surface area contributed by atoms with Gasteiger partial charge in [0.05, 0.1) is 6.10 Å². The Morgan fingerprint density at radius 2 is 2.15 bits per heavy atom. The minimum Gasteiger partial charge on any atom is -0.399 e. The van der Waals surface area contributed by atoms with Crippen molar-refractivity contribution in [2.45, 2.75) is 38.7 Å². The van der Waals surface area contributed by atoms with Crippen molar-refractivity contribution in [3.8, 4) is 0 Å². The Balaban J connectivity index is 1.78. The molecule has 1 aromatic rings. The van der Waals surface area contributed by atoms with Crippen LogP contribution < -0.4 is 5.73 Å². The Morgan fingerprint density at radius 3 is 2.75 bits per heavy atom. The van der Waals surface area contributed by atoms with Crippen LogP contribution in [-0.2, 0) is 11.2 Å². The summed E-state index contributed by atoms with van der Waals surface area (Å²) >= 11 is 0. The van der Waals surface area contributed by atoms with Crippen LogP contribution >= 0.6 is 0 Å². The van der Waals surface area contributed by atoms with Crippen LogP contribution in [-0.4, -0.2) is 35.1 Å². The maximum Gasteiger partial charge on any atom is 0.222 e.